The van der Waals surface area contributed by atoms with Gasteiger partial charge in [0.25, 0.3) is 0 Å². The highest BCUT2D eigenvalue weighted by Crippen LogP contribution is 2.37. The quantitative estimate of drug-likeness (QED) is 0.619. The molecule has 0 aromatic carbocycles. The van der Waals surface area contributed by atoms with Crippen molar-refractivity contribution < 1.29 is 18.3 Å². The number of carbonyl (C=O) groups is 1. The molecule has 0 aromatic heterocycles. The number of esters is 1. The van der Waals surface area contributed by atoms with Gasteiger partial charge in [0, 0.05) is 5.41 Å². The molecule has 0 spiro atoms. The largest absolute Gasteiger partial charge is 0.456 e. The van der Waals surface area contributed by atoms with E-state index in [-0.39, 0.29) is 0 Å². The standard InChI is InChI=1S/C10H18F2O2/c1-8(2,3)10(11,12)7(13)14-9(4,5)6/h1-6H3. The predicted molar refractivity (Wildman–Crippen MR) is 50.2 cm³/mol. The van der Waals surface area contributed by atoms with Gasteiger partial charge in [0.05, 0.1) is 0 Å². The third kappa shape index (κ3) is 3.24. The van der Waals surface area contributed by atoms with Gasteiger partial charge < -0.3 is 4.74 Å². The Hall–Kier alpha value is -0.670. The van der Waals surface area contributed by atoms with Crippen molar-refractivity contribution in [1.82, 2.24) is 0 Å². The molecule has 0 aliphatic carbocycles. The van der Waals surface area contributed by atoms with Gasteiger partial charge in [0.1, 0.15) is 5.60 Å². The lowest BCUT2D eigenvalue weighted by Gasteiger charge is -2.31. The smallest absolute Gasteiger partial charge is 0.378 e. The Morgan fingerprint density at radius 2 is 1.36 bits per heavy atom. The van der Waals surface area contributed by atoms with Crippen LogP contribution in [-0.4, -0.2) is 17.5 Å². The zero-order valence-corrected chi connectivity index (χ0v) is 9.57. The average molecular weight is 208 g/mol. The van der Waals surface area contributed by atoms with Crippen LogP contribution in [0.1, 0.15) is 41.5 Å². The van der Waals surface area contributed by atoms with Gasteiger partial charge in [-0.1, -0.05) is 20.8 Å². The van der Waals surface area contributed by atoms with Crippen LogP contribution in [0.2, 0.25) is 0 Å². The van der Waals surface area contributed by atoms with E-state index in [9.17, 15) is 13.6 Å². The van der Waals surface area contributed by atoms with Crippen molar-refractivity contribution in [2.75, 3.05) is 0 Å². The third-order valence-corrected chi connectivity index (χ3v) is 1.60. The van der Waals surface area contributed by atoms with Gasteiger partial charge in [0.2, 0.25) is 0 Å². The molecule has 0 fully saturated rings. The Balaban J connectivity index is 4.70. The first-order valence-corrected chi connectivity index (χ1v) is 4.49. The van der Waals surface area contributed by atoms with Crippen LogP contribution in [0.4, 0.5) is 8.78 Å². The minimum absolute atomic E-state index is 0.883. The minimum atomic E-state index is -3.46. The number of ether oxygens (including phenoxy) is 1. The fourth-order valence-electron chi connectivity index (χ4n) is 0.648. The van der Waals surface area contributed by atoms with Gasteiger partial charge in [0.15, 0.2) is 0 Å². The van der Waals surface area contributed by atoms with Crippen LogP contribution in [0.15, 0.2) is 0 Å². The third-order valence-electron chi connectivity index (χ3n) is 1.60. The lowest BCUT2D eigenvalue weighted by Crippen LogP contribution is -2.45. The molecule has 0 unspecified atom stereocenters. The minimum Gasteiger partial charge on any atom is -0.456 e. The van der Waals surface area contributed by atoms with Crippen LogP contribution in [0.25, 0.3) is 0 Å². The van der Waals surface area contributed by atoms with E-state index in [1.54, 1.807) is 20.8 Å². The van der Waals surface area contributed by atoms with E-state index in [1.165, 1.54) is 20.8 Å². The van der Waals surface area contributed by atoms with Crippen molar-refractivity contribution in [3.05, 3.63) is 0 Å². The van der Waals surface area contributed by atoms with Crippen molar-refractivity contribution in [3.8, 4) is 0 Å². The maximum atomic E-state index is 13.4. The molecule has 0 N–H and O–H groups in total. The summed E-state index contributed by atoms with van der Waals surface area (Å²) in [6.07, 6.45) is 0. The first-order valence-electron chi connectivity index (χ1n) is 4.49. The Kier molecular flexibility index (Phi) is 3.31. The summed E-state index contributed by atoms with van der Waals surface area (Å²) in [5, 5.41) is 0. The highest BCUT2D eigenvalue weighted by atomic mass is 19.3. The lowest BCUT2D eigenvalue weighted by atomic mass is 9.88. The lowest BCUT2D eigenvalue weighted by molar-refractivity contribution is -0.199. The summed E-state index contributed by atoms with van der Waals surface area (Å²) >= 11 is 0. The Morgan fingerprint density at radius 1 is 1.00 bits per heavy atom. The van der Waals surface area contributed by atoms with Crippen molar-refractivity contribution in [2.45, 2.75) is 53.1 Å². The van der Waals surface area contributed by atoms with Gasteiger partial charge in [-0.2, -0.15) is 8.78 Å². The molecule has 0 rings (SSSR count). The maximum Gasteiger partial charge on any atom is 0.378 e. The number of rotatable bonds is 1. The first kappa shape index (κ1) is 13.3. The van der Waals surface area contributed by atoms with Crippen LogP contribution >= 0.6 is 0 Å². The van der Waals surface area contributed by atoms with Crippen LogP contribution in [0.3, 0.4) is 0 Å². The molecule has 0 aromatic rings. The number of hydrogen-bond donors (Lipinski definition) is 0. The predicted octanol–water partition coefficient (Wildman–Crippen LogP) is 3.01. The molecule has 0 aliphatic rings. The second-order valence-corrected chi connectivity index (χ2v) is 5.33. The topological polar surface area (TPSA) is 26.3 Å². The second kappa shape index (κ2) is 3.48. The van der Waals surface area contributed by atoms with Crippen LogP contribution in [0, 0.1) is 5.41 Å². The van der Waals surface area contributed by atoms with Gasteiger partial charge in [-0.25, -0.2) is 4.79 Å². The molecular formula is C10H18F2O2. The molecule has 4 heteroatoms. The van der Waals surface area contributed by atoms with E-state index in [0.29, 0.717) is 0 Å². The van der Waals surface area contributed by atoms with Gasteiger partial charge >= 0.3 is 11.9 Å². The summed E-state index contributed by atoms with van der Waals surface area (Å²) < 4.78 is 31.4. The zero-order chi connectivity index (χ0) is 11.8. The summed E-state index contributed by atoms with van der Waals surface area (Å²) in [5.41, 5.74) is -2.30. The zero-order valence-electron chi connectivity index (χ0n) is 9.57. The maximum absolute atomic E-state index is 13.4. The molecular weight excluding hydrogens is 190 g/mol. The van der Waals surface area contributed by atoms with Crippen LogP contribution in [-0.2, 0) is 9.53 Å². The van der Waals surface area contributed by atoms with Gasteiger partial charge in [-0.15, -0.1) is 0 Å². The molecule has 0 amide bonds. The van der Waals surface area contributed by atoms with Crippen molar-refractivity contribution in [3.63, 3.8) is 0 Å². The van der Waals surface area contributed by atoms with Crippen LogP contribution in [0.5, 0.6) is 0 Å². The number of hydrogen-bond acceptors (Lipinski definition) is 2. The average Bonchev–Trinajstić information content (AvgIpc) is 1.80. The molecule has 0 radical (unpaired) electrons. The highest BCUT2D eigenvalue weighted by molar-refractivity contribution is 5.78. The van der Waals surface area contributed by atoms with Crippen molar-refractivity contribution in [2.24, 2.45) is 5.41 Å². The van der Waals surface area contributed by atoms with E-state index in [1.807, 2.05) is 0 Å². The number of carbonyl (C=O) groups excluding carboxylic acids is 1. The van der Waals surface area contributed by atoms with E-state index < -0.39 is 22.9 Å². The summed E-state index contributed by atoms with van der Waals surface area (Å²) in [6.45, 7) is 8.59. The summed E-state index contributed by atoms with van der Waals surface area (Å²) in [7, 11) is 0. The van der Waals surface area contributed by atoms with Gasteiger partial charge in [-0.3, -0.25) is 0 Å². The van der Waals surface area contributed by atoms with E-state index in [4.69, 9.17) is 0 Å². The van der Waals surface area contributed by atoms with Gasteiger partial charge in [-0.05, 0) is 20.8 Å². The molecule has 84 valence electrons. The Morgan fingerprint density at radius 3 is 1.57 bits per heavy atom. The monoisotopic (exact) mass is 208 g/mol. The number of halogens is 2. The number of alkyl halides is 2. The fraction of sp³-hybridized carbons (Fsp3) is 0.900. The van der Waals surface area contributed by atoms with E-state index >= 15 is 0 Å². The molecule has 0 heterocycles. The molecule has 14 heavy (non-hydrogen) atoms. The first-order chi connectivity index (χ1) is 5.88. The molecule has 0 bridgehead atoms. The fourth-order valence-corrected chi connectivity index (χ4v) is 0.648. The second-order valence-electron chi connectivity index (χ2n) is 5.33. The molecule has 2 nitrogen and oxygen atoms in total. The van der Waals surface area contributed by atoms with E-state index in [0.717, 1.165) is 0 Å². The molecule has 0 atom stereocenters. The Bertz CT molecular complexity index is 221. The molecule has 0 saturated carbocycles. The SMILES string of the molecule is CC(C)(C)OC(=O)C(F)(F)C(C)(C)C. The summed E-state index contributed by atoms with van der Waals surface area (Å²) in [5.74, 6) is -4.92. The van der Waals surface area contributed by atoms with Crippen molar-refractivity contribution in [1.29, 1.82) is 0 Å². The Labute approximate surface area is 83.6 Å². The van der Waals surface area contributed by atoms with E-state index in [2.05, 4.69) is 4.74 Å². The molecule has 0 aliphatic heterocycles. The molecule has 0 saturated heterocycles. The summed E-state index contributed by atoms with van der Waals surface area (Å²) in [4.78, 5) is 11.2. The van der Waals surface area contributed by atoms with Crippen molar-refractivity contribution >= 4 is 5.97 Å². The normalized spacial score (nSPS) is 14.0. The van der Waals surface area contributed by atoms with Crippen LogP contribution < -0.4 is 0 Å². The highest BCUT2D eigenvalue weighted by Gasteiger charge is 2.52. The summed E-state index contributed by atoms with van der Waals surface area (Å²) in [6, 6.07) is 0.